The van der Waals surface area contributed by atoms with Crippen LogP contribution < -0.4 is 5.32 Å². The molecule has 6 nitrogen and oxygen atoms in total. The average Bonchev–Trinajstić information content (AvgIpc) is 2.86. The van der Waals surface area contributed by atoms with E-state index in [1.54, 1.807) is 4.90 Å². The number of amides is 1. The lowest BCUT2D eigenvalue weighted by Crippen LogP contribution is -2.55. The van der Waals surface area contributed by atoms with E-state index in [1.165, 1.54) is 0 Å². The first-order valence-corrected chi connectivity index (χ1v) is 7.74. The van der Waals surface area contributed by atoms with Gasteiger partial charge in [0, 0.05) is 6.54 Å². The van der Waals surface area contributed by atoms with Gasteiger partial charge in [0.1, 0.15) is 11.4 Å². The van der Waals surface area contributed by atoms with Crippen molar-refractivity contribution in [2.24, 2.45) is 4.99 Å². The fourth-order valence-electron chi connectivity index (χ4n) is 2.86. The Hall–Kier alpha value is -1.30. The van der Waals surface area contributed by atoms with E-state index in [4.69, 9.17) is 4.74 Å². The molecule has 2 aliphatic rings. The van der Waals surface area contributed by atoms with Gasteiger partial charge in [0.05, 0.1) is 25.2 Å². The van der Waals surface area contributed by atoms with Gasteiger partial charge in [-0.25, -0.2) is 4.79 Å². The summed E-state index contributed by atoms with van der Waals surface area (Å²) < 4.78 is 5.40. The number of hydrogen-bond donors (Lipinski definition) is 2. The molecule has 0 bridgehead atoms. The van der Waals surface area contributed by atoms with Crippen LogP contribution in [0.3, 0.4) is 0 Å². The second-order valence-corrected chi connectivity index (χ2v) is 7.00. The molecule has 1 amide bonds. The van der Waals surface area contributed by atoms with E-state index < -0.39 is 5.60 Å². The van der Waals surface area contributed by atoms with E-state index in [-0.39, 0.29) is 18.2 Å². The molecule has 2 N–H and O–H groups in total. The van der Waals surface area contributed by atoms with Crippen molar-refractivity contribution in [3.63, 3.8) is 0 Å². The van der Waals surface area contributed by atoms with Gasteiger partial charge in [-0.15, -0.1) is 0 Å². The van der Waals surface area contributed by atoms with Crippen LogP contribution in [0, 0.1) is 0 Å². The normalized spacial score (nSPS) is 21.9. The second kappa shape index (κ2) is 6.22. The van der Waals surface area contributed by atoms with Crippen LogP contribution >= 0.6 is 0 Å². The van der Waals surface area contributed by atoms with Gasteiger partial charge in [0.25, 0.3) is 0 Å². The Bertz CT molecular complexity index is 409. The first-order valence-electron chi connectivity index (χ1n) is 7.74. The molecular formula is C15H27N3O3. The van der Waals surface area contributed by atoms with Crippen LogP contribution in [0.2, 0.25) is 0 Å². The minimum absolute atomic E-state index is 0.110. The number of nitrogens with zero attached hydrogens (tertiary/aromatic N) is 2. The highest BCUT2D eigenvalue weighted by Crippen LogP contribution is 2.29. The van der Waals surface area contributed by atoms with Gasteiger partial charge < -0.3 is 15.2 Å². The smallest absolute Gasteiger partial charge is 0.410 e. The first kappa shape index (κ1) is 16.1. The highest BCUT2D eigenvalue weighted by molar-refractivity contribution is 5.88. The summed E-state index contributed by atoms with van der Waals surface area (Å²) in [5.74, 6) is 0.781. The molecule has 0 aromatic rings. The zero-order chi connectivity index (χ0) is 15.5. The number of aliphatic hydroxyl groups excluding tert-OH is 1. The van der Waals surface area contributed by atoms with Gasteiger partial charge in [-0.1, -0.05) is 12.8 Å². The predicted octanol–water partition coefficient (Wildman–Crippen LogP) is 1.53. The van der Waals surface area contributed by atoms with Crippen molar-refractivity contribution in [2.45, 2.75) is 57.6 Å². The molecule has 1 aliphatic carbocycles. The molecule has 6 heteroatoms. The topological polar surface area (TPSA) is 74.2 Å². The van der Waals surface area contributed by atoms with Crippen molar-refractivity contribution >= 4 is 11.9 Å². The molecule has 0 saturated heterocycles. The summed E-state index contributed by atoms with van der Waals surface area (Å²) in [6, 6.07) is 0. The van der Waals surface area contributed by atoms with E-state index in [0.29, 0.717) is 19.6 Å². The third kappa shape index (κ3) is 4.33. The minimum atomic E-state index is -0.489. The van der Waals surface area contributed by atoms with Crippen LogP contribution in [0.4, 0.5) is 4.79 Å². The molecule has 1 heterocycles. The Morgan fingerprint density at radius 2 is 2.10 bits per heavy atom. The number of amidine groups is 1. The summed E-state index contributed by atoms with van der Waals surface area (Å²) in [5, 5.41) is 13.0. The van der Waals surface area contributed by atoms with Crippen molar-refractivity contribution < 1.29 is 14.6 Å². The van der Waals surface area contributed by atoms with Crippen LogP contribution in [0.1, 0.15) is 46.5 Å². The molecule has 2 rings (SSSR count). The Morgan fingerprint density at radius 3 is 2.67 bits per heavy atom. The molecular weight excluding hydrogens is 270 g/mol. The summed E-state index contributed by atoms with van der Waals surface area (Å²) >= 11 is 0. The van der Waals surface area contributed by atoms with Crippen LogP contribution in [-0.2, 0) is 4.74 Å². The first-order chi connectivity index (χ1) is 9.84. The zero-order valence-corrected chi connectivity index (χ0v) is 13.3. The average molecular weight is 297 g/mol. The van der Waals surface area contributed by atoms with Gasteiger partial charge in [0.2, 0.25) is 0 Å². The van der Waals surface area contributed by atoms with E-state index in [0.717, 1.165) is 31.5 Å². The molecule has 1 saturated carbocycles. The number of rotatable bonds is 2. The summed E-state index contributed by atoms with van der Waals surface area (Å²) in [5.41, 5.74) is -0.743. The number of ether oxygens (including phenoxy) is 1. The third-order valence-electron chi connectivity index (χ3n) is 3.94. The second-order valence-electron chi connectivity index (χ2n) is 7.00. The van der Waals surface area contributed by atoms with Gasteiger partial charge in [-0.2, -0.15) is 0 Å². The monoisotopic (exact) mass is 297 g/mol. The van der Waals surface area contributed by atoms with Crippen molar-refractivity contribution in [2.75, 3.05) is 26.2 Å². The summed E-state index contributed by atoms with van der Waals surface area (Å²) in [7, 11) is 0. The maximum Gasteiger partial charge on any atom is 0.410 e. The SMILES string of the molecule is CC(C)(C)OC(=O)N1CCN=C(NC2(CO)CCCC2)C1. The standard InChI is InChI=1S/C15H27N3O3/c1-14(2,3)21-13(20)18-9-8-16-12(10-18)17-15(11-19)6-4-5-7-15/h19H,4-11H2,1-3H3,(H,16,17). The van der Waals surface area contributed by atoms with Gasteiger partial charge in [-0.05, 0) is 33.6 Å². The third-order valence-corrected chi connectivity index (χ3v) is 3.94. The Balaban J connectivity index is 1.94. The summed E-state index contributed by atoms with van der Waals surface area (Å²) in [6.45, 7) is 7.27. The zero-order valence-electron chi connectivity index (χ0n) is 13.3. The van der Waals surface area contributed by atoms with E-state index >= 15 is 0 Å². The number of nitrogens with one attached hydrogen (secondary N) is 1. The number of carbonyl (C=O) groups excluding carboxylic acids is 1. The molecule has 21 heavy (non-hydrogen) atoms. The van der Waals surface area contributed by atoms with Gasteiger partial charge >= 0.3 is 6.09 Å². The Labute approximate surface area is 126 Å². The fourth-order valence-corrected chi connectivity index (χ4v) is 2.86. The molecule has 0 aromatic carbocycles. The lowest BCUT2D eigenvalue weighted by Gasteiger charge is -2.34. The van der Waals surface area contributed by atoms with Crippen molar-refractivity contribution in [1.82, 2.24) is 10.2 Å². The molecule has 0 unspecified atom stereocenters. The van der Waals surface area contributed by atoms with E-state index in [2.05, 4.69) is 10.3 Å². The predicted molar refractivity (Wildman–Crippen MR) is 81.5 cm³/mol. The maximum atomic E-state index is 12.1. The summed E-state index contributed by atoms with van der Waals surface area (Å²) in [4.78, 5) is 18.2. The molecule has 120 valence electrons. The molecule has 0 radical (unpaired) electrons. The van der Waals surface area contributed by atoms with Crippen molar-refractivity contribution in [3.05, 3.63) is 0 Å². The quantitative estimate of drug-likeness (QED) is 0.810. The highest BCUT2D eigenvalue weighted by atomic mass is 16.6. The number of hydrogen-bond acceptors (Lipinski definition) is 5. The molecule has 0 spiro atoms. The van der Waals surface area contributed by atoms with Gasteiger partial charge in [-0.3, -0.25) is 9.89 Å². The van der Waals surface area contributed by atoms with Crippen LogP contribution in [0.25, 0.3) is 0 Å². The summed E-state index contributed by atoms with van der Waals surface area (Å²) in [6.07, 6.45) is 3.85. The Kier molecular flexibility index (Phi) is 4.76. The lowest BCUT2D eigenvalue weighted by molar-refractivity contribution is 0.0274. The number of carbonyl (C=O) groups is 1. The largest absolute Gasteiger partial charge is 0.444 e. The van der Waals surface area contributed by atoms with Crippen molar-refractivity contribution in [3.8, 4) is 0 Å². The van der Waals surface area contributed by atoms with E-state index in [1.807, 2.05) is 20.8 Å². The lowest BCUT2D eigenvalue weighted by atomic mass is 9.99. The maximum absolute atomic E-state index is 12.1. The Morgan fingerprint density at radius 1 is 1.43 bits per heavy atom. The van der Waals surface area contributed by atoms with Gasteiger partial charge in [0.15, 0.2) is 0 Å². The highest BCUT2D eigenvalue weighted by Gasteiger charge is 2.35. The number of aliphatic imine (C=N–C) groups is 1. The minimum Gasteiger partial charge on any atom is -0.444 e. The number of aliphatic hydroxyl groups is 1. The molecule has 0 atom stereocenters. The van der Waals surface area contributed by atoms with E-state index in [9.17, 15) is 9.90 Å². The van der Waals surface area contributed by atoms with Crippen molar-refractivity contribution in [1.29, 1.82) is 0 Å². The van der Waals surface area contributed by atoms with Crippen LogP contribution in [0.15, 0.2) is 4.99 Å². The molecule has 0 aromatic heterocycles. The fraction of sp³-hybridized carbons (Fsp3) is 0.867. The van der Waals surface area contributed by atoms with Crippen LogP contribution in [-0.4, -0.2) is 59.3 Å². The molecule has 1 fully saturated rings. The van der Waals surface area contributed by atoms with Crippen LogP contribution in [0.5, 0.6) is 0 Å². The molecule has 1 aliphatic heterocycles.